The van der Waals surface area contributed by atoms with Crippen LogP contribution < -0.4 is 0 Å². The monoisotopic (exact) mass is 226 g/mol. The van der Waals surface area contributed by atoms with Crippen LogP contribution in [-0.4, -0.2) is 25.4 Å². The molecule has 0 bridgehead atoms. The average molecular weight is 226 g/mol. The molecule has 1 rings (SSSR count). The number of aromatic nitrogens is 2. The van der Waals surface area contributed by atoms with Crippen LogP contribution >= 0.6 is 0 Å². The first-order valence-corrected chi connectivity index (χ1v) is 6.00. The maximum absolute atomic E-state index is 10.3. The van der Waals surface area contributed by atoms with E-state index in [2.05, 4.69) is 11.9 Å². The van der Waals surface area contributed by atoms with Crippen LogP contribution in [0.4, 0.5) is 0 Å². The minimum absolute atomic E-state index is 0.518. The molecule has 1 heterocycles. The standard InChI is InChI=1S/C12H22N2O2/c1-4-8-14-9-7-13-11(14)10(15)12(16,5-2)6-3/h7,9-10,15-16H,4-6,8H2,1-3H3. The Bertz CT molecular complexity index is 319. The van der Waals surface area contributed by atoms with E-state index >= 15 is 0 Å². The number of rotatable bonds is 6. The zero-order valence-corrected chi connectivity index (χ0v) is 10.3. The average Bonchev–Trinajstić information content (AvgIpc) is 2.75. The predicted molar refractivity (Wildman–Crippen MR) is 63.0 cm³/mol. The first-order valence-electron chi connectivity index (χ1n) is 6.00. The molecular weight excluding hydrogens is 204 g/mol. The van der Waals surface area contributed by atoms with Crippen molar-refractivity contribution >= 4 is 0 Å². The lowest BCUT2D eigenvalue weighted by atomic mass is 9.90. The van der Waals surface area contributed by atoms with E-state index in [4.69, 9.17) is 0 Å². The molecule has 0 saturated carbocycles. The molecule has 0 fully saturated rings. The molecule has 0 saturated heterocycles. The van der Waals surface area contributed by atoms with Crippen molar-refractivity contribution in [3.05, 3.63) is 18.2 Å². The lowest BCUT2D eigenvalue weighted by Crippen LogP contribution is -2.36. The van der Waals surface area contributed by atoms with Crippen molar-refractivity contribution in [1.82, 2.24) is 9.55 Å². The Labute approximate surface area is 96.9 Å². The lowest BCUT2D eigenvalue weighted by molar-refractivity contribution is -0.0871. The van der Waals surface area contributed by atoms with Crippen LogP contribution in [0.1, 0.15) is 52.0 Å². The summed E-state index contributed by atoms with van der Waals surface area (Å²) in [6, 6.07) is 0. The van der Waals surface area contributed by atoms with E-state index in [-0.39, 0.29) is 0 Å². The van der Waals surface area contributed by atoms with Gasteiger partial charge in [-0.1, -0.05) is 20.8 Å². The van der Waals surface area contributed by atoms with E-state index in [0.29, 0.717) is 18.7 Å². The highest BCUT2D eigenvalue weighted by Gasteiger charge is 2.35. The predicted octanol–water partition coefficient (Wildman–Crippen LogP) is 1.88. The second-order valence-corrected chi connectivity index (χ2v) is 4.19. The minimum atomic E-state index is -1.07. The van der Waals surface area contributed by atoms with Gasteiger partial charge in [0.05, 0.1) is 5.60 Å². The SMILES string of the molecule is CCCn1ccnc1C(O)C(O)(CC)CC. The Balaban J connectivity index is 2.94. The summed E-state index contributed by atoms with van der Waals surface area (Å²) in [5.41, 5.74) is -1.07. The van der Waals surface area contributed by atoms with Crippen molar-refractivity contribution in [3.63, 3.8) is 0 Å². The van der Waals surface area contributed by atoms with E-state index < -0.39 is 11.7 Å². The molecule has 0 radical (unpaired) electrons. The second-order valence-electron chi connectivity index (χ2n) is 4.19. The fraction of sp³-hybridized carbons (Fsp3) is 0.750. The fourth-order valence-electron chi connectivity index (χ4n) is 1.88. The molecule has 92 valence electrons. The quantitative estimate of drug-likeness (QED) is 0.778. The Kier molecular flexibility index (Phi) is 4.50. The van der Waals surface area contributed by atoms with Gasteiger partial charge in [0.15, 0.2) is 0 Å². The third-order valence-corrected chi connectivity index (χ3v) is 3.19. The third-order valence-electron chi connectivity index (χ3n) is 3.19. The van der Waals surface area contributed by atoms with Gasteiger partial charge in [-0.2, -0.15) is 0 Å². The van der Waals surface area contributed by atoms with Crippen molar-refractivity contribution in [3.8, 4) is 0 Å². The van der Waals surface area contributed by atoms with Gasteiger partial charge in [-0.05, 0) is 19.3 Å². The molecule has 1 aromatic heterocycles. The van der Waals surface area contributed by atoms with E-state index in [1.807, 2.05) is 24.6 Å². The molecule has 4 nitrogen and oxygen atoms in total. The van der Waals surface area contributed by atoms with Gasteiger partial charge in [0, 0.05) is 18.9 Å². The van der Waals surface area contributed by atoms with Crippen molar-refractivity contribution in [2.24, 2.45) is 0 Å². The van der Waals surface area contributed by atoms with Gasteiger partial charge in [-0.15, -0.1) is 0 Å². The number of aliphatic hydroxyl groups is 2. The van der Waals surface area contributed by atoms with E-state index in [1.54, 1.807) is 6.20 Å². The summed E-state index contributed by atoms with van der Waals surface area (Å²) in [6.45, 7) is 6.64. The number of hydrogen-bond acceptors (Lipinski definition) is 3. The van der Waals surface area contributed by atoms with Crippen LogP contribution in [0.25, 0.3) is 0 Å². The molecule has 1 unspecified atom stereocenters. The highest BCUT2D eigenvalue weighted by Crippen LogP contribution is 2.30. The largest absolute Gasteiger partial charge is 0.387 e. The van der Waals surface area contributed by atoms with Crippen LogP contribution in [-0.2, 0) is 6.54 Å². The van der Waals surface area contributed by atoms with Gasteiger partial charge in [0.25, 0.3) is 0 Å². The molecule has 4 heteroatoms. The first kappa shape index (κ1) is 13.2. The van der Waals surface area contributed by atoms with Crippen molar-refractivity contribution in [2.75, 3.05) is 0 Å². The van der Waals surface area contributed by atoms with E-state index in [1.165, 1.54) is 0 Å². The van der Waals surface area contributed by atoms with Crippen molar-refractivity contribution < 1.29 is 10.2 Å². The van der Waals surface area contributed by atoms with Crippen LogP contribution in [0.2, 0.25) is 0 Å². The molecule has 0 spiro atoms. The molecule has 0 aliphatic rings. The van der Waals surface area contributed by atoms with E-state index in [0.717, 1.165) is 13.0 Å². The van der Waals surface area contributed by atoms with Gasteiger partial charge in [-0.25, -0.2) is 4.98 Å². The summed E-state index contributed by atoms with van der Waals surface area (Å²) < 4.78 is 1.90. The summed E-state index contributed by atoms with van der Waals surface area (Å²) in [4.78, 5) is 4.15. The molecule has 1 atom stereocenters. The number of hydrogen-bond donors (Lipinski definition) is 2. The topological polar surface area (TPSA) is 58.3 Å². The zero-order chi connectivity index (χ0) is 12.2. The Morgan fingerprint density at radius 2 is 2.00 bits per heavy atom. The van der Waals surface area contributed by atoms with Gasteiger partial charge in [-0.3, -0.25) is 0 Å². The van der Waals surface area contributed by atoms with Crippen LogP contribution in [0.5, 0.6) is 0 Å². The van der Waals surface area contributed by atoms with Gasteiger partial charge in [0.1, 0.15) is 11.9 Å². The van der Waals surface area contributed by atoms with Crippen molar-refractivity contribution in [2.45, 2.75) is 58.3 Å². The van der Waals surface area contributed by atoms with Gasteiger partial charge < -0.3 is 14.8 Å². The zero-order valence-electron chi connectivity index (χ0n) is 10.3. The van der Waals surface area contributed by atoms with E-state index in [9.17, 15) is 10.2 Å². The molecule has 0 aromatic carbocycles. The van der Waals surface area contributed by atoms with Crippen molar-refractivity contribution in [1.29, 1.82) is 0 Å². The number of aryl methyl sites for hydroxylation is 1. The molecule has 16 heavy (non-hydrogen) atoms. The van der Waals surface area contributed by atoms with Crippen LogP contribution in [0.15, 0.2) is 12.4 Å². The highest BCUT2D eigenvalue weighted by atomic mass is 16.3. The Morgan fingerprint density at radius 3 is 2.50 bits per heavy atom. The van der Waals surface area contributed by atoms with Gasteiger partial charge in [0.2, 0.25) is 0 Å². The fourth-order valence-corrected chi connectivity index (χ4v) is 1.88. The number of aliphatic hydroxyl groups excluding tert-OH is 1. The summed E-state index contributed by atoms with van der Waals surface area (Å²) in [7, 11) is 0. The molecule has 0 aliphatic carbocycles. The minimum Gasteiger partial charge on any atom is -0.387 e. The highest BCUT2D eigenvalue weighted by molar-refractivity contribution is 5.03. The Morgan fingerprint density at radius 1 is 1.38 bits per heavy atom. The summed E-state index contributed by atoms with van der Waals surface area (Å²) >= 11 is 0. The number of imidazole rings is 1. The molecule has 0 amide bonds. The summed E-state index contributed by atoms with van der Waals surface area (Å²) in [6.07, 6.45) is 4.61. The maximum Gasteiger partial charge on any atom is 0.140 e. The molecular formula is C12H22N2O2. The number of nitrogens with zero attached hydrogens (tertiary/aromatic N) is 2. The van der Waals surface area contributed by atoms with Gasteiger partial charge >= 0.3 is 0 Å². The van der Waals surface area contributed by atoms with Crippen LogP contribution in [0.3, 0.4) is 0 Å². The molecule has 2 N–H and O–H groups in total. The summed E-state index contributed by atoms with van der Waals surface area (Å²) in [5, 5.41) is 20.5. The smallest absolute Gasteiger partial charge is 0.140 e. The van der Waals surface area contributed by atoms with Crippen LogP contribution in [0, 0.1) is 0 Å². The Hall–Kier alpha value is -0.870. The second kappa shape index (κ2) is 5.46. The first-order chi connectivity index (χ1) is 7.59. The summed E-state index contributed by atoms with van der Waals surface area (Å²) in [5.74, 6) is 0.563. The molecule has 0 aliphatic heterocycles. The lowest BCUT2D eigenvalue weighted by Gasteiger charge is -2.30. The maximum atomic E-state index is 10.3. The molecule has 1 aromatic rings. The third kappa shape index (κ3) is 2.44. The normalized spacial score (nSPS) is 14.1.